The minimum absolute atomic E-state index is 0.0828. The third kappa shape index (κ3) is 8.32. The molecule has 4 aromatic rings. The summed E-state index contributed by atoms with van der Waals surface area (Å²) in [6.07, 6.45) is 0.271. The summed E-state index contributed by atoms with van der Waals surface area (Å²) >= 11 is 0. The Balaban J connectivity index is 1.78. The van der Waals surface area contributed by atoms with Crippen LogP contribution in [-0.2, 0) is 32.6 Å². The molecule has 7 nitrogen and oxygen atoms in total. The van der Waals surface area contributed by atoms with Crippen molar-refractivity contribution < 1.29 is 18.0 Å². The third-order valence-corrected chi connectivity index (χ3v) is 8.90. The minimum Gasteiger partial charge on any atom is -0.352 e. The molecule has 224 valence electrons. The van der Waals surface area contributed by atoms with E-state index in [9.17, 15) is 18.0 Å². The largest absolute Gasteiger partial charge is 0.352 e. The molecule has 0 saturated heterocycles. The summed E-state index contributed by atoms with van der Waals surface area (Å²) in [5, 5.41) is 2.97. The van der Waals surface area contributed by atoms with Gasteiger partial charge in [-0.05, 0) is 63.1 Å². The van der Waals surface area contributed by atoms with Crippen molar-refractivity contribution in [3.8, 4) is 0 Å². The van der Waals surface area contributed by atoms with Crippen LogP contribution in [0.15, 0.2) is 114 Å². The minimum atomic E-state index is -4.12. The zero-order valence-electron chi connectivity index (χ0n) is 25.1. The number of nitrogens with zero attached hydrogens (tertiary/aromatic N) is 2. The topological polar surface area (TPSA) is 86.8 Å². The van der Waals surface area contributed by atoms with E-state index in [0.717, 1.165) is 26.6 Å². The van der Waals surface area contributed by atoms with Gasteiger partial charge >= 0.3 is 0 Å². The summed E-state index contributed by atoms with van der Waals surface area (Å²) in [6.45, 7) is 7.19. The number of sulfonamides is 1. The molecule has 0 fully saturated rings. The number of hydrogen-bond donors (Lipinski definition) is 1. The highest BCUT2D eigenvalue weighted by Gasteiger charge is 2.34. The van der Waals surface area contributed by atoms with E-state index >= 15 is 0 Å². The molecule has 8 heteroatoms. The number of anilines is 1. The highest BCUT2D eigenvalue weighted by molar-refractivity contribution is 7.92. The number of rotatable bonds is 12. The number of aryl methyl sites for hydroxylation is 2. The fourth-order valence-corrected chi connectivity index (χ4v) is 6.21. The Bertz CT molecular complexity index is 1610. The van der Waals surface area contributed by atoms with E-state index in [2.05, 4.69) is 5.32 Å². The van der Waals surface area contributed by atoms with Gasteiger partial charge in [0, 0.05) is 19.0 Å². The second kappa shape index (κ2) is 14.2. The van der Waals surface area contributed by atoms with E-state index in [0.29, 0.717) is 5.69 Å². The summed E-state index contributed by atoms with van der Waals surface area (Å²) in [5.74, 6) is -0.786. The van der Waals surface area contributed by atoms with Crippen molar-refractivity contribution in [2.75, 3.05) is 10.8 Å². The van der Waals surface area contributed by atoms with Gasteiger partial charge in [0.25, 0.3) is 10.0 Å². The van der Waals surface area contributed by atoms with Gasteiger partial charge in [-0.25, -0.2) is 8.42 Å². The Kier molecular flexibility index (Phi) is 10.4. The molecule has 0 aliphatic carbocycles. The Morgan fingerprint density at radius 3 is 1.77 bits per heavy atom. The average Bonchev–Trinajstić information content (AvgIpc) is 2.99. The van der Waals surface area contributed by atoms with Crippen molar-refractivity contribution in [2.45, 2.75) is 57.6 Å². The lowest BCUT2D eigenvalue weighted by atomic mass is 10.0. The van der Waals surface area contributed by atoms with Crippen LogP contribution in [0.1, 0.15) is 36.1 Å². The first-order valence-corrected chi connectivity index (χ1v) is 15.8. The Morgan fingerprint density at radius 1 is 0.721 bits per heavy atom. The van der Waals surface area contributed by atoms with Crippen LogP contribution in [0.5, 0.6) is 0 Å². The maximum Gasteiger partial charge on any atom is 0.264 e. The van der Waals surface area contributed by atoms with Crippen molar-refractivity contribution in [2.24, 2.45) is 0 Å². The van der Waals surface area contributed by atoms with Gasteiger partial charge in [0.05, 0.1) is 10.6 Å². The summed E-state index contributed by atoms with van der Waals surface area (Å²) in [5.41, 5.74) is 3.97. The van der Waals surface area contributed by atoms with Gasteiger partial charge in [-0.3, -0.25) is 13.9 Å². The first-order chi connectivity index (χ1) is 20.5. The number of hydrogen-bond acceptors (Lipinski definition) is 4. The van der Waals surface area contributed by atoms with Crippen LogP contribution >= 0.6 is 0 Å². The maximum atomic E-state index is 14.4. The molecule has 1 unspecified atom stereocenters. The van der Waals surface area contributed by atoms with Crippen molar-refractivity contribution in [3.63, 3.8) is 0 Å². The van der Waals surface area contributed by atoms with Crippen molar-refractivity contribution in [1.29, 1.82) is 0 Å². The molecule has 0 aromatic heterocycles. The van der Waals surface area contributed by atoms with Crippen LogP contribution in [-0.4, -0.2) is 43.8 Å². The molecular weight excluding hydrogens is 558 g/mol. The van der Waals surface area contributed by atoms with E-state index in [1.165, 1.54) is 4.90 Å². The van der Waals surface area contributed by atoms with Gasteiger partial charge in [-0.15, -0.1) is 0 Å². The van der Waals surface area contributed by atoms with E-state index in [1.807, 2.05) is 100 Å². The Hall–Kier alpha value is -4.43. The second-order valence-corrected chi connectivity index (χ2v) is 12.9. The molecule has 43 heavy (non-hydrogen) atoms. The molecule has 0 saturated carbocycles. The zero-order chi connectivity index (χ0) is 31.0. The Labute approximate surface area is 255 Å². The van der Waals surface area contributed by atoms with Gasteiger partial charge in [0.15, 0.2) is 0 Å². The molecule has 0 aliphatic rings. The van der Waals surface area contributed by atoms with Gasteiger partial charge in [-0.1, -0.05) is 96.1 Å². The number of amides is 2. The predicted octanol–water partition coefficient (Wildman–Crippen LogP) is 5.66. The highest BCUT2D eigenvalue weighted by atomic mass is 32.2. The Morgan fingerprint density at radius 2 is 1.23 bits per heavy atom. The molecule has 2 amide bonds. The van der Waals surface area contributed by atoms with Crippen LogP contribution in [0.4, 0.5) is 5.69 Å². The van der Waals surface area contributed by atoms with Crippen molar-refractivity contribution >= 4 is 27.5 Å². The number of carbonyl (C=O) groups is 2. The lowest BCUT2D eigenvalue weighted by molar-refractivity contribution is -0.140. The number of carbonyl (C=O) groups excluding carboxylic acids is 2. The van der Waals surface area contributed by atoms with Gasteiger partial charge < -0.3 is 10.2 Å². The summed E-state index contributed by atoms with van der Waals surface area (Å²) in [6, 6.07) is 31.5. The number of benzene rings is 4. The van der Waals surface area contributed by atoms with Crippen molar-refractivity contribution in [1.82, 2.24) is 10.2 Å². The van der Waals surface area contributed by atoms with E-state index in [-0.39, 0.29) is 29.8 Å². The third-order valence-electron chi connectivity index (χ3n) is 7.11. The monoisotopic (exact) mass is 597 g/mol. The summed E-state index contributed by atoms with van der Waals surface area (Å²) in [4.78, 5) is 29.7. The predicted molar refractivity (Wildman–Crippen MR) is 171 cm³/mol. The fourth-order valence-electron chi connectivity index (χ4n) is 4.79. The molecule has 0 radical (unpaired) electrons. The molecule has 0 bridgehead atoms. The van der Waals surface area contributed by atoms with Crippen LogP contribution in [0.3, 0.4) is 0 Å². The first kappa shape index (κ1) is 31.5. The van der Waals surface area contributed by atoms with Gasteiger partial charge in [0.1, 0.15) is 12.6 Å². The van der Waals surface area contributed by atoms with Crippen LogP contribution in [0.2, 0.25) is 0 Å². The standard InChI is InChI=1S/C35H39N3O4S/c1-26(2)36-35(40)33(23-29-11-7-5-8-12-29)37(24-30-13-9-6-10-14-30)34(39)25-38(31-19-15-27(3)16-20-31)43(41,42)32-21-17-28(4)18-22-32/h5-22,26,33H,23-25H2,1-4H3,(H,36,40). The average molecular weight is 598 g/mol. The summed E-state index contributed by atoms with van der Waals surface area (Å²) < 4.78 is 29.3. The molecule has 1 N–H and O–H groups in total. The van der Waals surface area contributed by atoms with E-state index in [4.69, 9.17) is 0 Å². The summed E-state index contributed by atoms with van der Waals surface area (Å²) in [7, 11) is -4.12. The lowest BCUT2D eigenvalue weighted by Gasteiger charge is -2.34. The van der Waals surface area contributed by atoms with Crippen LogP contribution in [0.25, 0.3) is 0 Å². The SMILES string of the molecule is Cc1ccc(N(CC(=O)N(Cc2ccccc2)C(Cc2ccccc2)C(=O)NC(C)C)S(=O)(=O)c2ccc(C)cc2)cc1. The smallest absolute Gasteiger partial charge is 0.264 e. The van der Waals surface area contributed by atoms with Crippen molar-refractivity contribution in [3.05, 3.63) is 131 Å². The molecular formula is C35H39N3O4S. The van der Waals surface area contributed by atoms with Gasteiger partial charge in [-0.2, -0.15) is 0 Å². The molecule has 4 rings (SSSR count). The normalized spacial score (nSPS) is 12.0. The molecule has 0 spiro atoms. The lowest BCUT2D eigenvalue weighted by Crippen LogP contribution is -2.54. The quantitative estimate of drug-likeness (QED) is 0.228. The number of nitrogens with one attached hydrogen (secondary N) is 1. The van der Waals surface area contributed by atoms with E-state index < -0.39 is 28.5 Å². The maximum absolute atomic E-state index is 14.4. The highest BCUT2D eigenvalue weighted by Crippen LogP contribution is 2.26. The fraction of sp³-hybridized carbons (Fsp3) is 0.257. The second-order valence-electron chi connectivity index (χ2n) is 11.0. The van der Waals surface area contributed by atoms with Crippen LogP contribution in [0, 0.1) is 13.8 Å². The molecule has 4 aromatic carbocycles. The van der Waals surface area contributed by atoms with Gasteiger partial charge in [0.2, 0.25) is 11.8 Å². The molecule has 0 heterocycles. The first-order valence-electron chi connectivity index (χ1n) is 14.4. The molecule has 0 aliphatic heterocycles. The molecule has 1 atom stereocenters. The zero-order valence-corrected chi connectivity index (χ0v) is 25.9. The van der Waals surface area contributed by atoms with E-state index in [1.54, 1.807) is 36.4 Å². The van der Waals surface area contributed by atoms with Crippen LogP contribution < -0.4 is 9.62 Å².